The van der Waals surface area contributed by atoms with Crippen molar-refractivity contribution in [3.8, 4) is 0 Å². The van der Waals surface area contributed by atoms with Crippen LogP contribution in [0.4, 0.5) is 0 Å². The quantitative estimate of drug-likeness (QED) is 0.122. The summed E-state index contributed by atoms with van der Waals surface area (Å²) in [6, 6.07) is 39.7. The first-order chi connectivity index (χ1) is 21.4. The molecule has 0 amide bonds. The zero-order valence-corrected chi connectivity index (χ0v) is 30.5. The van der Waals surface area contributed by atoms with Crippen LogP contribution in [0.2, 0.25) is 0 Å². The Kier molecular flexibility index (Phi) is 9.81. The van der Waals surface area contributed by atoms with Crippen molar-refractivity contribution in [3.05, 3.63) is 144 Å². The maximum atomic E-state index is 14.6. The molecule has 0 aliphatic heterocycles. The molecule has 4 aromatic rings. The van der Waals surface area contributed by atoms with Gasteiger partial charge in [-0.3, -0.25) is 0 Å². The summed E-state index contributed by atoms with van der Waals surface area (Å²) in [4.78, 5) is 0.408. The minimum atomic E-state index is -3.64. The first-order valence-corrected chi connectivity index (χ1v) is 21.9. The molecule has 5 heteroatoms. The number of aryl methyl sites for hydroxylation is 1. The Bertz CT molecular complexity index is 1690. The predicted molar refractivity (Wildman–Crippen MR) is 200 cm³/mol. The average molecular weight is 702 g/mol. The van der Waals surface area contributed by atoms with Gasteiger partial charge in [0.1, 0.15) is 0 Å². The molecule has 0 aromatic heterocycles. The Labute approximate surface area is 279 Å². The van der Waals surface area contributed by atoms with Crippen LogP contribution in [0.5, 0.6) is 0 Å². The number of hydrogen-bond donors (Lipinski definition) is 0. The second-order valence-electron chi connectivity index (χ2n) is 13.4. The average Bonchev–Trinajstić information content (AvgIpc) is 3.04. The summed E-state index contributed by atoms with van der Waals surface area (Å²) in [5, 5.41) is -0.0447. The van der Waals surface area contributed by atoms with E-state index in [1.165, 1.54) is 21.5 Å². The van der Waals surface area contributed by atoms with Crippen LogP contribution in [0.15, 0.2) is 143 Å². The summed E-state index contributed by atoms with van der Waals surface area (Å²) in [7, 11) is -3.64. The molecule has 2 nitrogen and oxygen atoms in total. The summed E-state index contributed by atoms with van der Waals surface area (Å²) >= 11 is 4.56. The van der Waals surface area contributed by atoms with E-state index < -0.39 is 20.4 Å². The molecule has 5 rings (SSSR count). The van der Waals surface area contributed by atoms with E-state index in [0.717, 1.165) is 42.1 Å². The van der Waals surface area contributed by atoms with Crippen LogP contribution in [0.25, 0.3) is 0 Å². The Hall–Kier alpha value is -2.78. The summed E-state index contributed by atoms with van der Waals surface area (Å²) < 4.78 is 29.2. The number of allylic oxidation sites excluding steroid dienone is 3. The van der Waals surface area contributed by atoms with Gasteiger partial charge in [-0.1, -0.05) is 0 Å². The second kappa shape index (κ2) is 13.1. The number of halogens is 1. The Balaban J connectivity index is 1.66. The third-order valence-electron chi connectivity index (χ3n) is 9.76. The van der Waals surface area contributed by atoms with Crippen LogP contribution in [0, 0.1) is 12.3 Å². The van der Waals surface area contributed by atoms with Crippen LogP contribution in [0.3, 0.4) is 0 Å². The van der Waals surface area contributed by atoms with E-state index in [2.05, 4.69) is 140 Å². The molecule has 236 valence electrons. The standard InChI is InChI=1S/C40H46BrO2PS/c1-31-23-25-37(26-24-31)45(42,43)38(39-33(3)16-15-28-40(39,4)5)30-32(2)27-29-44(41,34-17-9-6-10-18-34,35-19-11-7-12-20-35)36-21-13-8-14-22-36/h6-14,17-27,38H,15-16,28-30H2,1-5H3. The first kappa shape index (κ1) is 33.6. The van der Waals surface area contributed by atoms with Gasteiger partial charge in [-0.05, 0) is 0 Å². The topological polar surface area (TPSA) is 34.1 Å². The summed E-state index contributed by atoms with van der Waals surface area (Å²) in [5.74, 6) is 0. The second-order valence-corrected chi connectivity index (χ2v) is 24.5. The molecule has 0 N–H and O–H groups in total. The number of hydrogen-bond acceptors (Lipinski definition) is 2. The third kappa shape index (κ3) is 6.44. The molecule has 0 heterocycles. The van der Waals surface area contributed by atoms with Gasteiger partial charge < -0.3 is 0 Å². The fourth-order valence-corrected chi connectivity index (χ4v) is 16.6. The molecule has 1 aliphatic rings. The number of benzene rings is 4. The van der Waals surface area contributed by atoms with Crippen molar-refractivity contribution < 1.29 is 8.42 Å². The Morgan fingerprint density at radius 3 is 1.71 bits per heavy atom. The van der Waals surface area contributed by atoms with E-state index in [4.69, 9.17) is 0 Å². The van der Waals surface area contributed by atoms with Gasteiger partial charge in [0, 0.05) is 0 Å². The van der Waals surface area contributed by atoms with E-state index in [-0.39, 0.29) is 5.41 Å². The van der Waals surface area contributed by atoms with E-state index >= 15 is 0 Å². The third-order valence-corrected chi connectivity index (χ3v) is 21.4. The van der Waals surface area contributed by atoms with Gasteiger partial charge in [0.15, 0.2) is 0 Å². The molecule has 4 aromatic carbocycles. The number of rotatable bonds is 10. The van der Waals surface area contributed by atoms with Crippen LogP contribution in [-0.4, -0.2) is 19.8 Å². The van der Waals surface area contributed by atoms with Gasteiger partial charge in [0.2, 0.25) is 0 Å². The van der Waals surface area contributed by atoms with Crippen molar-refractivity contribution in [2.45, 2.75) is 70.4 Å². The molecule has 45 heavy (non-hydrogen) atoms. The number of sulfone groups is 1. The zero-order valence-electron chi connectivity index (χ0n) is 27.2. The van der Waals surface area contributed by atoms with Crippen molar-refractivity contribution in [3.63, 3.8) is 0 Å². The molecule has 1 aliphatic carbocycles. The first-order valence-electron chi connectivity index (χ1n) is 15.9. The van der Waals surface area contributed by atoms with E-state index in [9.17, 15) is 8.42 Å². The summed E-state index contributed by atoms with van der Waals surface area (Å²) in [6.45, 7) is 10.7. The van der Waals surface area contributed by atoms with Crippen LogP contribution < -0.4 is 15.9 Å². The molecule has 0 fully saturated rings. The van der Waals surface area contributed by atoms with Crippen LogP contribution >= 0.6 is 20.8 Å². The molecule has 0 saturated carbocycles. The van der Waals surface area contributed by atoms with Gasteiger partial charge in [-0.15, -0.1) is 0 Å². The van der Waals surface area contributed by atoms with Crippen molar-refractivity contribution >= 4 is 46.5 Å². The van der Waals surface area contributed by atoms with Gasteiger partial charge in [0.05, 0.1) is 0 Å². The van der Waals surface area contributed by atoms with Crippen molar-refractivity contribution in [1.82, 2.24) is 0 Å². The van der Waals surface area contributed by atoms with Crippen molar-refractivity contribution in [1.29, 1.82) is 0 Å². The fourth-order valence-electron chi connectivity index (χ4n) is 7.30. The molecule has 1 unspecified atom stereocenters. The van der Waals surface area contributed by atoms with Crippen LogP contribution in [-0.2, 0) is 9.84 Å². The molecular weight excluding hydrogens is 655 g/mol. The fraction of sp³-hybridized carbons (Fsp3) is 0.300. The molecular formula is C40H46BrO2PS. The van der Waals surface area contributed by atoms with Crippen LogP contribution in [0.1, 0.15) is 58.9 Å². The molecule has 0 radical (unpaired) electrons. The van der Waals surface area contributed by atoms with E-state index in [1.807, 2.05) is 19.1 Å². The summed E-state index contributed by atoms with van der Waals surface area (Å²) in [5.41, 5.74) is 4.30. The SMILES string of the molecule is CC(=CCP(Br)(c1ccccc1)(c1ccccc1)c1ccccc1)CC(C1=C(C)CCCC1(C)C)S(=O)(=O)c1ccc(C)cc1. The molecule has 1 atom stereocenters. The normalized spacial score (nSPS) is 17.4. The molecule has 0 saturated heterocycles. The minimum absolute atomic E-state index is 0.183. The van der Waals surface area contributed by atoms with Crippen molar-refractivity contribution in [2.75, 3.05) is 6.16 Å². The molecule has 0 spiro atoms. The Morgan fingerprint density at radius 1 is 0.800 bits per heavy atom. The monoisotopic (exact) mass is 700 g/mol. The Morgan fingerprint density at radius 2 is 1.27 bits per heavy atom. The van der Waals surface area contributed by atoms with Gasteiger partial charge >= 0.3 is 281 Å². The van der Waals surface area contributed by atoms with Crippen molar-refractivity contribution in [2.24, 2.45) is 5.41 Å². The van der Waals surface area contributed by atoms with E-state index in [1.54, 1.807) is 12.1 Å². The predicted octanol–water partition coefficient (Wildman–Crippen LogP) is 9.84. The van der Waals surface area contributed by atoms with E-state index in [0.29, 0.717) is 11.3 Å². The summed E-state index contributed by atoms with van der Waals surface area (Å²) in [6.07, 6.45) is 6.56. The molecule has 0 bridgehead atoms. The zero-order chi connectivity index (χ0) is 32.3. The van der Waals surface area contributed by atoms with Gasteiger partial charge in [0.25, 0.3) is 0 Å². The van der Waals surface area contributed by atoms with Gasteiger partial charge in [-0.25, -0.2) is 0 Å². The maximum absolute atomic E-state index is 14.6. The van der Waals surface area contributed by atoms with Gasteiger partial charge in [-0.2, -0.15) is 0 Å².